The molecule has 1 heterocycles. The molecule has 1 unspecified atom stereocenters. The standard InChI is InChI=1S/C16H20N2S/c1-11-9-14-15(17)7-4-8-16(14)18(11)12-5-3-6-13(10-12)19-2/h3,5-6,9-10,15H,4,7-8,17H2,1-2H3. The second-order valence-corrected chi connectivity index (χ2v) is 6.10. The Kier molecular flexibility index (Phi) is 3.42. The van der Waals surface area contributed by atoms with E-state index in [1.54, 1.807) is 11.8 Å². The van der Waals surface area contributed by atoms with Gasteiger partial charge in [0, 0.05) is 28.0 Å². The molecule has 0 fully saturated rings. The van der Waals surface area contributed by atoms with Crippen molar-refractivity contribution < 1.29 is 0 Å². The fraction of sp³-hybridized carbons (Fsp3) is 0.375. The normalized spacial score (nSPS) is 18.4. The largest absolute Gasteiger partial charge is 0.324 e. The molecule has 2 aromatic rings. The fourth-order valence-electron chi connectivity index (χ4n) is 3.05. The number of thioether (sulfide) groups is 1. The first kappa shape index (κ1) is 12.8. The summed E-state index contributed by atoms with van der Waals surface area (Å²) < 4.78 is 2.38. The van der Waals surface area contributed by atoms with E-state index in [2.05, 4.69) is 48.1 Å². The van der Waals surface area contributed by atoms with Crippen molar-refractivity contribution in [2.45, 2.75) is 37.1 Å². The lowest BCUT2D eigenvalue weighted by Gasteiger charge is -2.21. The molecular formula is C16H20N2S. The predicted molar refractivity (Wildman–Crippen MR) is 82.2 cm³/mol. The third kappa shape index (κ3) is 2.21. The van der Waals surface area contributed by atoms with Crippen LogP contribution in [0, 0.1) is 6.92 Å². The average molecular weight is 272 g/mol. The van der Waals surface area contributed by atoms with Gasteiger partial charge in [0.15, 0.2) is 0 Å². The van der Waals surface area contributed by atoms with E-state index in [9.17, 15) is 0 Å². The molecule has 0 saturated carbocycles. The summed E-state index contributed by atoms with van der Waals surface area (Å²) in [7, 11) is 0. The second kappa shape index (κ2) is 5.06. The van der Waals surface area contributed by atoms with Gasteiger partial charge in [0.25, 0.3) is 0 Å². The van der Waals surface area contributed by atoms with Gasteiger partial charge in [-0.3, -0.25) is 0 Å². The molecule has 1 aliphatic carbocycles. The lowest BCUT2D eigenvalue weighted by atomic mass is 9.93. The van der Waals surface area contributed by atoms with E-state index in [1.165, 1.54) is 34.0 Å². The highest BCUT2D eigenvalue weighted by Crippen LogP contribution is 2.33. The molecule has 2 nitrogen and oxygen atoms in total. The number of nitrogens with two attached hydrogens (primary N) is 1. The van der Waals surface area contributed by atoms with E-state index < -0.39 is 0 Å². The molecule has 0 amide bonds. The molecule has 3 heteroatoms. The van der Waals surface area contributed by atoms with Gasteiger partial charge < -0.3 is 10.3 Å². The van der Waals surface area contributed by atoms with Crippen molar-refractivity contribution in [1.82, 2.24) is 4.57 Å². The summed E-state index contributed by atoms with van der Waals surface area (Å²) >= 11 is 1.79. The van der Waals surface area contributed by atoms with Crippen LogP contribution in [0.15, 0.2) is 35.2 Å². The van der Waals surface area contributed by atoms with Gasteiger partial charge >= 0.3 is 0 Å². The van der Waals surface area contributed by atoms with E-state index in [0.29, 0.717) is 0 Å². The molecule has 19 heavy (non-hydrogen) atoms. The molecule has 3 rings (SSSR count). The minimum atomic E-state index is 0.215. The lowest BCUT2D eigenvalue weighted by molar-refractivity contribution is 0.560. The summed E-state index contributed by atoms with van der Waals surface area (Å²) in [6.45, 7) is 2.18. The third-order valence-electron chi connectivity index (χ3n) is 3.96. The Bertz CT molecular complexity index is 601. The number of aryl methyl sites for hydroxylation is 1. The van der Waals surface area contributed by atoms with Crippen LogP contribution in [0.3, 0.4) is 0 Å². The van der Waals surface area contributed by atoms with Crippen molar-refractivity contribution in [3.63, 3.8) is 0 Å². The van der Waals surface area contributed by atoms with Crippen LogP contribution in [0.25, 0.3) is 5.69 Å². The Morgan fingerprint density at radius 2 is 2.16 bits per heavy atom. The monoisotopic (exact) mass is 272 g/mol. The molecule has 2 N–H and O–H groups in total. The summed E-state index contributed by atoms with van der Waals surface area (Å²) in [6, 6.07) is 11.2. The molecule has 0 spiro atoms. The predicted octanol–water partition coefficient (Wildman–Crippen LogP) is 3.84. The van der Waals surface area contributed by atoms with Crippen LogP contribution < -0.4 is 5.73 Å². The first-order valence-electron chi connectivity index (χ1n) is 6.82. The minimum Gasteiger partial charge on any atom is -0.324 e. The van der Waals surface area contributed by atoms with Gasteiger partial charge in [0.2, 0.25) is 0 Å². The Morgan fingerprint density at radius 1 is 1.32 bits per heavy atom. The highest BCUT2D eigenvalue weighted by atomic mass is 32.2. The maximum Gasteiger partial charge on any atom is 0.0466 e. The maximum atomic E-state index is 6.25. The molecule has 0 bridgehead atoms. The summed E-state index contributed by atoms with van der Waals surface area (Å²) in [5, 5.41) is 0. The van der Waals surface area contributed by atoms with Crippen molar-refractivity contribution in [2.75, 3.05) is 6.26 Å². The van der Waals surface area contributed by atoms with Gasteiger partial charge in [0.05, 0.1) is 0 Å². The number of benzene rings is 1. The highest BCUT2D eigenvalue weighted by Gasteiger charge is 2.22. The van der Waals surface area contributed by atoms with E-state index >= 15 is 0 Å². The fourth-order valence-corrected chi connectivity index (χ4v) is 3.50. The first-order valence-corrected chi connectivity index (χ1v) is 8.04. The maximum absolute atomic E-state index is 6.25. The van der Waals surface area contributed by atoms with Gasteiger partial charge in [-0.2, -0.15) is 0 Å². The van der Waals surface area contributed by atoms with E-state index in [0.717, 1.165) is 12.8 Å². The molecule has 1 aromatic heterocycles. The Balaban J connectivity index is 2.14. The average Bonchev–Trinajstić information content (AvgIpc) is 2.77. The zero-order valence-corrected chi connectivity index (χ0v) is 12.3. The SMILES string of the molecule is CSc1cccc(-n2c(C)cc3c2CCCC3N)c1. The second-order valence-electron chi connectivity index (χ2n) is 5.22. The van der Waals surface area contributed by atoms with Crippen LogP contribution >= 0.6 is 11.8 Å². The molecule has 0 aliphatic heterocycles. The molecule has 100 valence electrons. The summed E-state index contributed by atoms with van der Waals surface area (Å²) in [5.41, 5.74) is 11.6. The lowest BCUT2D eigenvalue weighted by Crippen LogP contribution is -2.17. The first-order chi connectivity index (χ1) is 9.20. The quantitative estimate of drug-likeness (QED) is 0.842. The van der Waals surface area contributed by atoms with Crippen LogP contribution in [0.5, 0.6) is 0 Å². The summed E-state index contributed by atoms with van der Waals surface area (Å²) in [5.74, 6) is 0. The summed E-state index contributed by atoms with van der Waals surface area (Å²) in [4.78, 5) is 1.31. The van der Waals surface area contributed by atoms with Crippen molar-refractivity contribution >= 4 is 11.8 Å². The molecular weight excluding hydrogens is 252 g/mol. The van der Waals surface area contributed by atoms with Crippen LogP contribution in [0.1, 0.15) is 35.8 Å². The number of fused-ring (bicyclic) bond motifs is 1. The van der Waals surface area contributed by atoms with Crippen LogP contribution in [0.2, 0.25) is 0 Å². The van der Waals surface area contributed by atoms with E-state index in [4.69, 9.17) is 5.73 Å². The third-order valence-corrected chi connectivity index (χ3v) is 4.69. The molecule has 1 aliphatic rings. The number of hydrogen-bond acceptors (Lipinski definition) is 2. The molecule has 0 radical (unpaired) electrons. The van der Waals surface area contributed by atoms with Crippen LogP contribution in [0.4, 0.5) is 0 Å². The Hall–Kier alpha value is -1.19. The van der Waals surface area contributed by atoms with E-state index in [1.807, 2.05) is 0 Å². The zero-order valence-electron chi connectivity index (χ0n) is 11.5. The van der Waals surface area contributed by atoms with Crippen LogP contribution in [-0.2, 0) is 6.42 Å². The Morgan fingerprint density at radius 3 is 2.95 bits per heavy atom. The van der Waals surface area contributed by atoms with Crippen molar-refractivity contribution in [3.8, 4) is 5.69 Å². The number of nitrogens with zero attached hydrogens (tertiary/aromatic N) is 1. The number of aromatic nitrogens is 1. The summed E-state index contributed by atoms with van der Waals surface area (Å²) in [6.07, 6.45) is 5.56. The van der Waals surface area contributed by atoms with Crippen molar-refractivity contribution in [1.29, 1.82) is 0 Å². The molecule has 1 atom stereocenters. The Labute approximate surface area is 119 Å². The highest BCUT2D eigenvalue weighted by molar-refractivity contribution is 7.98. The van der Waals surface area contributed by atoms with E-state index in [-0.39, 0.29) is 6.04 Å². The smallest absolute Gasteiger partial charge is 0.0466 e. The molecule has 1 aromatic carbocycles. The van der Waals surface area contributed by atoms with Gasteiger partial charge in [-0.1, -0.05) is 6.07 Å². The van der Waals surface area contributed by atoms with Gasteiger partial charge in [0.1, 0.15) is 0 Å². The van der Waals surface area contributed by atoms with Gasteiger partial charge in [-0.15, -0.1) is 11.8 Å². The van der Waals surface area contributed by atoms with Crippen molar-refractivity contribution in [3.05, 3.63) is 47.3 Å². The van der Waals surface area contributed by atoms with Crippen molar-refractivity contribution in [2.24, 2.45) is 5.73 Å². The number of hydrogen-bond donors (Lipinski definition) is 1. The van der Waals surface area contributed by atoms with Gasteiger partial charge in [-0.25, -0.2) is 0 Å². The zero-order chi connectivity index (χ0) is 13.4. The number of rotatable bonds is 2. The van der Waals surface area contributed by atoms with Gasteiger partial charge in [-0.05, 0) is 62.3 Å². The minimum absolute atomic E-state index is 0.215. The topological polar surface area (TPSA) is 30.9 Å². The van der Waals surface area contributed by atoms with Crippen LogP contribution in [-0.4, -0.2) is 10.8 Å². The molecule has 0 saturated heterocycles.